The van der Waals surface area contributed by atoms with E-state index in [1.807, 2.05) is 13.8 Å². The molecule has 0 heterocycles. The number of benzene rings is 2. The number of nitrogens with one attached hydrogen (secondary N) is 1. The molecule has 1 N–H and O–H groups in total. The molecule has 3 heteroatoms. The molecular formula is C18H25NOS. The Balaban J connectivity index is 2.36. The lowest BCUT2D eigenvalue weighted by atomic mass is 9.99. The van der Waals surface area contributed by atoms with E-state index in [0.717, 1.165) is 13.0 Å². The number of rotatable bonds is 7. The van der Waals surface area contributed by atoms with E-state index in [1.165, 1.54) is 16.3 Å². The van der Waals surface area contributed by atoms with Gasteiger partial charge < -0.3 is 5.32 Å². The van der Waals surface area contributed by atoms with Crippen LogP contribution in [-0.2, 0) is 10.8 Å². The smallest absolute Gasteiger partial charge is 0.0443 e. The standard InChI is InChI=1S/C18H25NOS/c1-4-12-19-18(13-21(20)14(2)3)17-11-7-9-15-8-5-6-10-16(15)17/h5-11,14,18-19H,4,12-13H2,1-3H3. The normalized spacial score (nSPS) is 14.5. The zero-order chi connectivity index (χ0) is 15.2. The molecule has 0 aliphatic heterocycles. The molecule has 0 aliphatic carbocycles. The Hall–Kier alpha value is -1.19. The van der Waals surface area contributed by atoms with Crippen molar-refractivity contribution in [2.45, 2.75) is 38.5 Å². The first-order chi connectivity index (χ1) is 10.1. The summed E-state index contributed by atoms with van der Waals surface area (Å²) in [6.07, 6.45) is 1.08. The molecule has 2 unspecified atom stereocenters. The maximum absolute atomic E-state index is 12.3. The van der Waals surface area contributed by atoms with E-state index in [1.54, 1.807) is 0 Å². The van der Waals surface area contributed by atoms with E-state index < -0.39 is 10.8 Å². The zero-order valence-corrected chi connectivity index (χ0v) is 14.0. The first-order valence-corrected chi connectivity index (χ1v) is 9.10. The third-order valence-corrected chi connectivity index (χ3v) is 5.41. The summed E-state index contributed by atoms with van der Waals surface area (Å²) < 4.78 is 12.3. The van der Waals surface area contributed by atoms with Crippen molar-refractivity contribution in [3.8, 4) is 0 Å². The Morgan fingerprint density at radius 1 is 1.10 bits per heavy atom. The van der Waals surface area contributed by atoms with Gasteiger partial charge in [-0.3, -0.25) is 4.21 Å². The van der Waals surface area contributed by atoms with Crippen LogP contribution in [0.3, 0.4) is 0 Å². The van der Waals surface area contributed by atoms with Gasteiger partial charge in [0.15, 0.2) is 0 Å². The van der Waals surface area contributed by atoms with Crippen LogP contribution < -0.4 is 5.32 Å². The second-order valence-corrected chi connectivity index (χ2v) is 7.71. The predicted molar refractivity (Wildman–Crippen MR) is 93.1 cm³/mol. The predicted octanol–water partition coefficient (Wildman–Crippen LogP) is 4.04. The van der Waals surface area contributed by atoms with Crippen LogP contribution >= 0.6 is 0 Å². The SMILES string of the molecule is CCCNC(CS(=O)C(C)C)c1cccc2ccccc12. The van der Waals surface area contributed by atoms with E-state index >= 15 is 0 Å². The topological polar surface area (TPSA) is 29.1 Å². The molecule has 2 aromatic carbocycles. The third-order valence-electron chi connectivity index (χ3n) is 3.70. The second kappa shape index (κ2) is 7.71. The summed E-state index contributed by atoms with van der Waals surface area (Å²) in [5.41, 5.74) is 1.26. The highest BCUT2D eigenvalue weighted by molar-refractivity contribution is 7.85. The van der Waals surface area contributed by atoms with Crippen LogP contribution in [0.5, 0.6) is 0 Å². The largest absolute Gasteiger partial charge is 0.309 e. The van der Waals surface area contributed by atoms with E-state index in [-0.39, 0.29) is 11.3 Å². The van der Waals surface area contributed by atoms with Gasteiger partial charge in [-0.15, -0.1) is 0 Å². The van der Waals surface area contributed by atoms with Crippen LogP contribution in [-0.4, -0.2) is 21.8 Å². The number of fused-ring (bicyclic) bond motifs is 1. The molecule has 0 radical (unpaired) electrons. The van der Waals surface area contributed by atoms with Crippen molar-refractivity contribution in [2.24, 2.45) is 0 Å². The van der Waals surface area contributed by atoms with Gasteiger partial charge in [-0.2, -0.15) is 0 Å². The van der Waals surface area contributed by atoms with E-state index in [4.69, 9.17) is 0 Å². The highest BCUT2D eigenvalue weighted by atomic mass is 32.2. The van der Waals surface area contributed by atoms with Crippen molar-refractivity contribution < 1.29 is 4.21 Å². The average Bonchev–Trinajstić information content (AvgIpc) is 2.50. The van der Waals surface area contributed by atoms with Crippen molar-refractivity contribution in [2.75, 3.05) is 12.3 Å². The molecule has 0 fully saturated rings. The zero-order valence-electron chi connectivity index (χ0n) is 13.1. The minimum atomic E-state index is -0.811. The minimum Gasteiger partial charge on any atom is -0.309 e. The van der Waals surface area contributed by atoms with Gasteiger partial charge in [0.2, 0.25) is 0 Å². The van der Waals surface area contributed by atoms with Crippen LogP contribution in [0.25, 0.3) is 10.8 Å². The van der Waals surface area contributed by atoms with Gasteiger partial charge in [0, 0.05) is 27.8 Å². The monoisotopic (exact) mass is 303 g/mol. The second-order valence-electron chi connectivity index (χ2n) is 5.67. The van der Waals surface area contributed by atoms with Gasteiger partial charge in [-0.1, -0.05) is 63.2 Å². The van der Waals surface area contributed by atoms with Crippen LogP contribution in [0, 0.1) is 0 Å². The quantitative estimate of drug-likeness (QED) is 0.836. The molecule has 0 aliphatic rings. The molecule has 0 bridgehead atoms. The van der Waals surface area contributed by atoms with E-state index in [0.29, 0.717) is 5.75 Å². The molecule has 2 rings (SSSR count). The third kappa shape index (κ3) is 4.14. The lowest BCUT2D eigenvalue weighted by Crippen LogP contribution is -2.29. The first-order valence-electron chi connectivity index (χ1n) is 7.71. The van der Waals surface area contributed by atoms with Gasteiger partial charge in [-0.05, 0) is 29.3 Å². The van der Waals surface area contributed by atoms with Crippen LogP contribution in [0.2, 0.25) is 0 Å². The lowest BCUT2D eigenvalue weighted by Gasteiger charge is -2.21. The van der Waals surface area contributed by atoms with E-state index in [2.05, 4.69) is 54.7 Å². The van der Waals surface area contributed by atoms with Crippen molar-refractivity contribution in [3.63, 3.8) is 0 Å². The molecular weight excluding hydrogens is 278 g/mol. The van der Waals surface area contributed by atoms with Crippen molar-refractivity contribution in [3.05, 3.63) is 48.0 Å². The Morgan fingerprint density at radius 2 is 1.81 bits per heavy atom. The first kappa shape index (κ1) is 16.2. The van der Waals surface area contributed by atoms with Crippen LogP contribution in [0.15, 0.2) is 42.5 Å². The fraction of sp³-hybridized carbons (Fsp3) is 0.444. The van der Waals surface area contributed by atoms with Gasteiger partial charge in [0.05, 0.1) is 0 Å². The molecule has 0 saturated heterocycles. The summed E-state index contributed by atoms with van der Waals surface area (Å²) in [4.78, 5) is 0. The maximum Gasteiger partial charge on any atom is 0.0443 e. The minimum absolute atomic E-state index is 0.152. The fourth-order valence-electron chi connectivity index (χ4n) is 2.49. The number of hydrogen-bond donors (Lipinski definition) is 1. The molecule has 2 atom stereocenters. The summed E-state index contributed by atoms with van der Waals surface area (Å²) in [6.45, 7) is 7.15. The van der Waals surface area contributed by atoms with Crippen molar-refractivity contribution in [1.82, 2.24) is 5.32 Å². The average molecular weight is 303 g/mol. The Kier molecular flexibility index (Phi) is 5.95. The maximum atomic E-state index is 12.3. The Bertz CT molecular complexity index is 604. The summed E-state index contributed by atoms with van der Waals surface area (Å²) in [6, 6.07) is 15.0. The summed E-state index contributed by atoms with van der Waals surface area (Å²) >= 11 is 0. The van der Waals surface area contributed by atoms with Gasteiger partial charge >= 0.3 is 0 Å². The highest BCUT2D eigenvalue weighted by Gasteiger charge is 2.18. The summed E-state index contributed by atoms with van der Waals surface area (Å²) in [5.74, 6) is 0.672. The molecule has 114 valence electrons. The molecule has 0 aromatic heterocycles. The van der Waals surface area contributed by atoms with E-state index in [9.17, 15) is 4.21 Å². The Labute approximate surface area is 130 Å². The van der Waals surface area contributed by atoms with Crippen molar-refractivity contribution in [1.29, 1.82) is 0 Å². The van der Waals surface area contributed by atoms with Gasteiger partial charge in [-0.25, -0.2) is 0 Å². The summed E-state index contributed by atoms with van der Waals surface area (Å²) in [7, 11) is -0.811. The van der Waals surface area contributed by atoms with Crippen LogP contribution in [0.1, 0.15) is 38.8 Å². The van der Waals surface area contributed by atoms with Gasteiger partial charge in [0.1, 0.15) is 0 Å². The molecule has 21 heavy (non-hydrogen) atoms. The van der Waals surface area contributed by atoms with Crippen molar-refractivity contribution >= 4 is 21.6 Å². The number of hydrogen-bond acceptors (Lipinski definition) is 2. The molecule has 2 aromatic rings. The molecule has 0 amide bonds. The van der Waals surface area contributed by atoms with Crippen LogP contribution in [0.4, 0.5) is 0 Å². The Morgan fingerprint density at radius 3 is 2.52 bits per heavy atom. The lowest BCUT2D eigenvalue weighted by molar-refractivity contribution is 0.571. The fourth-order valence-corrected chi connectivity index (χ4v) is 3.50. The molecule has 0 saturated carbocycles. The highest BCUT2D eigenvalue weighted by Crippen LogP contribution is 2.25. The molecule has 2 nitrogen and oxygen atoms in total. The summed E-state index contributed by atoms with van der Waals surface area (Å²) in [5, 5.41) is 6.27. The molecule has 0 spiro atoms. The van der Waals surface area contributed by atoms with Gasteiger partial charge in [0.25, 0.3) is 0 Å².